The minimum Gasteiger partial charge on any atom is -0.351 e. The maximum Gasteiger partial charge on any atom is 0.270 e. The molecule has 240 valence electrons. The molecule has 5 aromatic rings. The van der Waals surface area contributed by atoms with Crippen LogP contribution in [-0.4, -0.2) is 41.3 Å². The normalized spacial score (nSPS) is 13.9. The van der Waals surface area contributed by atoms with E-state index in [1.165, 1.54) is 16.7 Å². The van der Waals surface area contributed by atoms with Crippen molar-refractivity contribution in [3.63, 3.8) is 0 Å². The van der Waals surface area contributed by atoms with E-state index in [0.29, 0.717) is 25.3 Å². The number of carbonyl (C=O) groups excluding carboxylic acids is 2. The molecule has 1 fully saturated rings. The highest BCUT2D eigenvalue weighted by atomic mass is 32.1. The molecule has 0 bridgehead atoms. The summed E-state index contributed by atoms with van der Waals surface area (Å²) >= 11 is 1.55. The second kappa shape index (κ2) is 14.5. The van der Waals surface area contributed by atoms with E-state index < -0.39 is 0 Å². The van der Waals surface area contributed by atoms with Gasteiger partial charge in [-0.05, 0) is 58.6 Å². The van der Waals surface area contributed by atoms with E-state index in [1.54, 1.807) is 11.3 Å². The zero-order valence-corrected chi connectivity index (χ0v) is 28.3. The van der Waals surface area contributed by atoms with Gasteiger partial charge in [0.05, 0.1) is 5.01 Å². The van der Waals surface area contributed by atoms with E-state index in [-0.39, 0.29) is 29.1 Å². The van der Waals surface area contributed by atoms with Crippen LogP contribution in [0.5, 0.6) is 0 Å². The summed E-state index contributed by atoms with van der Waals surface area (Å²) in [6, 6.07) is 37.4. The lowest BCUT2D eigenvalue weighted by Gasteiger charge is -2.31. The van der Waals surface area contributed by atoms with Crippen molar-refractivity contribution < 1.29 is 9.59 Å². The van der Waals surface area contributed by atoms with Gasteiger partial charge >= 0.3 is 0 Å². The molecule has 0 radical (unpaired) electrons. The van der Waals surface area contributed by atoms with Gasteiger partial charge in [0.15, 0.2) is 0 Å². The van der Waals surface area contributed by atoms with Gasteiger partial charge in [-0.1, -0.05) is 124 Å². The van der Waals surface area contributed by atoms with Crippen molar-refractivity contribution in [2.75, 3.05) is 19.6 Å². The molecule has 0 spiro atoms. The first-order valence-electron chi connectivity index (χ1n) is 16.6. The van der Waals surface area contributed by atoms with Crippen LogP contribution in [0.1, 0.15) is 94.4 Å². The molecule has 1 aromatic heterocycles. The Balaban J connectivity index is 1.04. The van der Waals surface area contributed by atoms with Gasteiger partial charge in [-0.3, -0.25) is 9.59 Å². The van der Waals surface area contributed by atoms with Gasteiger partial charge in [0.2, 0.25) is 0 Å². The molecule has 1 aliphatic rings. The van der Waals surface area contributed by atoms with E-state index in [9.17, 15) is 9.59 Å². The Hall–Kier alpha value is -4.55. The molecule has 6 heteroatoms. The second-order valence-electron chi connectivity index (χ2n) is 13.4. The molecular formula is C41H43N3O2S. The fraction of sp³-hybridized carbons (Fsp3) is 0.293. The summed E-state index contributed by atoms with van der Waals surface area (Å²) in [5.74, 6) is 0.387. The Morgan fingerprint density at radius 1 is 0.830 bits per heavy atom. The molecule has 1 aliphatic heterocycles. The molecule has 47 heavy (non-hydrogen) atoms. The maximum absolute atomic E-state index is 13.7. The smallest absolute Gasteiger partial charge is 0.270 e. The highest BCUT2D eigenvalue weighted by Crippen LogP contribution is 2.33. The summed E-state index contributed by atoms with van der Waals surface area (Å²) in [7, 11) is 0. The standard InChI is InChI=1S/C41H43N3O2S/c1-41(2,3)33-20-18-31(19-21-33)35-16-10-11-17-36(35)40(46)44-26-23-32(24-27-44)39-43-37(28-47-39)38(45)42-25-22-34(29-12-6-4-7-13-29)30-14-8-5-9-15-30/h4-21,28,32,34H,22-27H2,1-3H3,(H,42,45). The van der Waals surface area contributed by atoms with Gasteiger partial charge in [-0.25, -0.2) is 4.98 Å². The Kier molecular flexibility index (Phi) is 9.98. The van der Waals surface area contributed by atoms with Gasteiger partial charge in [0.25, 0.3) is 11.8 Å². The van der Waals surface area contributed by atoms with Gasteiger partial charge in [-0.15, -0.1) is 11.3 Å². The van der Waals surface area contributed by atoms with Crippen LogP contribution >= 0.6 is 11.3 Å². The molecule has 2 heterocycles. The summed E-state index contributed by atoms with van der Waals surface area (Å²) < 4.78 is 0. The van der Waals surface area contributed by atoms with Crippen LogP contribution in [0.15, 0.2) is 115 Å². The van der Waals surface area contributed by atoms with E-state index in [1.807, 2.05) is 46.7 Å². The number of nitrogens with one attached hydrogen (secondary N) is 1. The summed E-state index contributed by atoms with van der Waals surface area (Å²) in [5, 5.41) is 5.96. The van der Waals surface area contributed by atoms with Gasteiger partial charge in [0, 0.05) is 42.4 Å². The molecule has 1 N–H and O–H groups in total. The molecule has 0 saturated carbocycles. The Morgan fingerprint density at radius 3 is 2.04 bits per heavy atom. The van der Waals surface area contributed by atoms with Crippen molar-refractivity contribution in [3.8, 4) is 11.1 Å². The van der Waals surface area contributed by atoms with Crippen LogP contribution in [0, 0.1) is 0 Å². The second-order valence-corrected chi connectivity index (χ2v) is 14.3. The number of nitrogens with zero attached hydrogens (tertiary/aromatic N) is 2. The molecule has 2 amide bonds. The van der Waals surface area contributed by atoms with Crippen LogP contribution in [0.2, 0.25) is 0 Å². The number of rotatable bonds is 9. The summed E-state index contributed by atoms with van der Waals surface area (Å²) in [5.41, 5.74) is 7.08. The number of aromatic nitrogens is 1. The van der Waals surface area contributed by atoms with Crippen molar-refractivity contribution in [1.29, 1.82) is 0 Å². The van der Waals surface area contributed by atoms with Crippen LogP contribution in [0.4, 0.5) is 0 Å². The van der Waals surface area contributed by atoms with Crippen molar-refractivity contribution in [1.82, 2.24) is 15.2 Å². The summed E-state index contributed by atoms with van der Waals surface area (Å²) in [4.78, 5) is 33.6. The predicted octanol–water partition coefficient (Wildman–Crippen LogP) is 9.08. The number of hydrogen-bond acceptors (Lipinski definition) is 4. The third kappa shape index (κ3) is 7.71. The lowest BCUT2D eigenvalue weighted by Crippen LogP contribution is -2.38. The molecule has 6 rings (SSSR count). The van der Waals surface area contributed by atoms with Crippen molar-refractivity contribution in [2.45, 2.75) is 57.3 Å². The Bertz CT molecular complexity index is 1740. The number of carbonyl (C=O) groups is 2. The highest BCUT2D eigenvalue weighted by molar-refractivity contribution is 7.09. The van der Waals surface area contributed by atoms with Crippen molar-refractivity contribution in [2.24, 2.45) is 0 Å². The largest absolute Gasteiger partial charge is 0.351 e. The average molecular weight is 642 g/mol. The first-order chi connectivity index (χ1) is 22.8. The quantitative estimate of drug-likeness (QED) is 0.175. The van der Waals surface area contributed by atoms with E-state index in [0.717, 1.165) is 41.0 Å². The zero-order chi connectivity index (χ0) is 32.8. The Labute approximate surface area is 282 Å². The highest BCUT2D eigenvalue weighted by Gasteiger charge is 2.28. The molecule has 5 nitrogen and oxygen atoms in total. The maximum atomic E-state index is 13.7. The van der Waals surface area contributed by atoms with Gasteiger partial charge in [0.1, 0.15) is 5.69 Å². The van der Waals surface area contributed by atoms with Crippen LogP contribution in [0.25, 0.3) is 11.1 Å². The molecule has 0 unspecified atom stereocenters. The first kappa shape index (κ1) is 32.4. The van der Waals surface area contributed by atoms with Crippen LogP contribution < -0.4 is 5.32 Å². The third-order valence-electron chi connectivity index (χ3n) is 9.23. The average Bonchev–Trinajstić information content (AvgIpc) is 3.61. The number of likely N-dealkylation sites (tertiary alicyclic amines) is 1. The molecule has 0 atom stereocenters. The van der Waals surface area contributed by atoms with Gasteiger partial charge < -0.3 is 10.2 Å². The molecule has 0 aliphatic carbocycles. The lowest BCUT2D eigenvalue weighted by atomic mass is 9.86. The van der Waals surface area contributed by atoms with E-state index >= 15 is 0 Å². The number of amides is 2. The number of hydrogen-bond donors (Lipinski definition) is 1. The molecule has 1 saturated heterocycles. The monoisotopic (exact) mass is 641 g/mol. The Morgan fingerprint density at radius 2 is 1.43 bits per heavy atom. The number of thiazole rings is 1. The lowest BCUT2D eigenvalue weighted by molar-refractivity contribution is 0.0713. The summed E-state index contributed by atoms with van der Waals surface area (Å²) in [6.45, 7) is 8.52. The number of piperidine rings is 1. The van der Waals surface area contributed by atoms with E-state index in [4.69, 9.17) is 4.98 Å². The van der Waals surface area contributed by atoms with Crippen LogP contribution in [0.3, 0.4) is 0 Å². The molecular weight excluding hydrogens is 599 g/mol. The summed E-state index contributed by atoms with van der Waals surface area (Å²) in [6.07, 6.45) is 2.46. The number of benzene rings is 4. The van der Waals surface area contributed by atoms with Gasteiger partial charge in [-0.2, -0.15) is 0 Å². The fourth-order valence-corrected chi connectivity index (χ4v) is 7.44. The zero-order valence-electron chi connectivity index (χ0n) is 27.5. The van der Waals surface area contributed by atoms with Crippen molar-refractivity contribution in [3.05, 3.63) is 148 Å². The first-order valence-corrected chi connectivity index (χ1v) is 17.5. The fourth-order valence-electron chi connectivity index (χ4n) is 6.47. The minimum absolute atomic E-state index is 0.0717. The minimum atomic E-state index is -0.132. The topological polar surface area (TPSA) is 62.3 Å². The third-order valence-corrected chi connectivity index (χ3v) is 10.2. The SMILES string of the molecule is CC(C)(C)c1ccc(-c2ccccc2C(=O)N2CCC(c3nc(C(=O)NCCC(c4ccccc4)c4ccccc4)cs3)CC2)cc1. The van der Waals surface area contributed by atoms with E-state index in [2.05, 4.69) is 98.9 Å². The predicted molar refractivity (Wildman–Crippen MR) is 192 cm³/mol. The molecule has 4 aromatic carbocycles. The van der Waals surface area contributed by atoms with Crippen LogP contribution in [-0.2, 0) is 5.41 Å². The van der Waals surface area contributed by atoms with Crippen molar-refractivity contribution >= 4 is 23.2 Å².